The number of ether oxygens (including phenoxy) is 1. The van der Waals surface area contributed by atoms with Crippen LogP contribution in [0.25, 0.3) is 0 Å². The number of aromatic nitrogens is 1. The minimum Gasteiger partial charge on any atom is -0.480 e. The van der Waals surface area contributed by atoms with Gasteiger partial charge in [0.05, 0.1) is 0 Å². The Bertz CT molecular complexity index is 436. The summed E-state index contributed by atoms with van der Waals surface area (Å²) in [6.07, 6.45) is -0.734. The van der Waals surface area contributed by atoms with Crippen molar-refractivity contribution in [2.24, 2.45) is 0 Å². The normalized spacial score (nSPS) is 10.2. The fourth-order valence-corrected chi connectivity index (χ4v) is 1.11. The molecule has 3 N–H and O–H groups in total. The highest BCUT2D eigenvalue weighted by Crippen LogP contribution is 2.14. The maximum Gasteiger partial charge on any atom is 0.356 e. The molecule has 0 saturated carbocycles. The Kier molecular flexibility index (Phi) is 3.70. The highest BCUT2D eigenvalue weighted by Gasteiger charge is 2.29. The molecule has 0 aliphatic rings. The van der Waals surface area contributed by atoms with Gasteiger partial charge in [0, 0.05) is 6.20 Å². The number of aliphatic carboxylic acids is 3. The van der Waals surface area contributed by atoms with E-state index >= 15 is 0 Å². The lowest BCUT2D eigenvalue weighted by molar-refractivity contribution is -0.159. The van der Waals surface area contributed by atoms with E-state index in [4.69, 9.17) is 20.1 Å². The maximum absolute atomic E-state index is 10.6. The molecule has 0 unspecified atom stereocenters. The standard InChI is InChI=1S/C9H9NO7/c11-6(12)4-10-3-1-2-5(10)17-7(8(13)14)9(15)16/h1-3,7H,4H2,(H,11,12)(H,13,14)(H,15,16). The molecule has 17 heavy (non-hydrogen) atoms. The molecule has 0 amide bonds. The molecular formula is C9H9NO7. The second kappa shape index (κ2) is 5.01. The van der Waals surface area contributed by atoms with Crippen LogP contribution in [-0.4, -0.2) is 43.9 Å². The molecule has 0 aliphatic heterocycles. The first-order valence-corrected chi connectivity index (χ1v) is 4.41. The van der Waals surface area contributed by atoms with Crippen molar-refractivity contribution in [2.75, 3.05) is 0 Å². The zero-order valence-corrected chi connectivity index (χ0v) is 8.44. The molecule has 0 saturated heterocycles. The monoisotopic (exact) mass is 243 g/mol. The van der Waals surface area contributed by atoms with Crippen molar-refractivity contribution in [1.29, 1.82) is 0 Å². The first-order chi connectivity index (χ1) is 7.91. The van der Waals surface area contributed by atoms with Crippen LogP contribution in [-0.2, 0) is 20.9 Å². The van der Waals surface area contributed by atoms with Crippen LogP contribution >= 0.6 is 0 Å². The summed E-state index contributed by atoms with van der Waals surface area (Å²) in [5.41, 5.74) is 0. The van der Waals surface area contributed by atoms with E-state index in [-0.39, 0.29) is 5.88 Å². The van der Waals surface area contributed by atoms with Crippen LogP contribution in [0.15, 0.2) is 18.3 Å². The Morgan fingerprint density at radius 1 is 1.24 bits per heavy atom. The van der Waals surface area contributed by atoms with E-state index in [1.807, 2.05) is 0 Å². The molecule has 0 aromatic carbocycles. The summed E-state index contributed by atoms with van der Waals surface area (Å²) in [6, 6.07) is 2.70. The van der Waals surface area contributed by atoms with Gasteiger partial charge in [-0.2, -0.15) is 0 Å². The fourth-order valence-electron chi connectivity index (χ4n) is 1.11. The van der Waals surface area contributed by atoms with Gasteiger partial charge in [0.1, 0.15) is 6.54 Å². The fraction of sp³-hybridized carbons (Fsp3) is 0.222. The van der Waals surface area contributed by atoms with Gasteiger partial charge in [0.25, 0.3) is 6.10 Å². The lowest BCUT2D eigenvalue weighted by Gasteiger charge is -2.12. The summed E-state index contributed by atoms with van der Waals surface area (Å²) in [4.78, 5) is 31.6. The van der Waals surface area contributed by atoms with Crippen molar-refractivity contribution in [3.05, 3.63) is 18.3 Å². The Balaban J connectivity index is 2.86. The summed E-state index contributed by atoms with van der Waals surface area (Å²) >= 11 is 0. The highest BCUT2D eigenvalue weighted by atomic mass is 16.5. The summed E-state index contributed by atoms with van der Waals surface area (Å²) in [6.45, 7) is -0.450. The van der Waals surface area contributed by atoms with Crippen LogP contribution in [0.5, 0.6) is 5.88 Å². The third kappa shape index (κ3) is 3.23. The van der Waals surface area contributed by atoms with Crippen LogP contribution in [0.2, 0.25) is 0 Å². The molecule has 0 radical (unpaired) electrons. The molecule has 8 heteroatoms. The van der Waals surface area contributed by atoms with E-state index < -0.39 is 30.6 Å². The van der Waals surface area contributed by atoms with Crippen LogP contribution < -0.4 is 4.74 Å². The van der Waals surface area contributed by atoms with E-state index in [2.05, 4.69) is 0 Å². The van der Waals surface area contributed by atoms with Crippen LogP contribution in [0.3, 0.4) is 0 Å². The molecule has 8 nitrogen and oxygen atoms in total. The van der Waals surface area contributed by atoms with E-state index in [0.29, 0.717) is 0 Å². The minimum atomic E-state index is -2.07. The third-order valence-corrected chi connectivity index (χ3v) is 1.78. The van der Waals surface area contributed by atoms with Crippen LogP contribution in [0, 0.1) is 0 Å². The molecule has 1 aromatic heterocycles. The zero-order valence-electron chi connectivity index (χ0n) is 8.44. The molecule has 1 aromatic rings. The van der Waals surface area contributed by atoms with Crippen molar-refractivity contribution in [3.8, 4) is 5.88 Å². The number of carbonyl (C=O) groups is 3. The zero-order chi connectivity index (χ0) is 13.0. The van der Waals surface area contributed by atoms with Gasteiger partial charge in [-0.3, -0.25) is 4.79 Å². The summed E-state index contributed by atoms with van der Waals surface area (Å²) < 4.78 is 5.79. The molecule has 0 spiro atoms. The number of carboxylic acids is 3. The Morgan fingerprint density at radius 2 is 1.82 bits per heavy atom. The molecule has 0 aliphatic carbocycles. The summed E-state index contributed by atoms with van der Waals surface area (Å²) in [7, 11) is 0. The van der Waals surface area contributed by atoms with Crippen molar-refractivity contribution in [2.45, 2.75) is 12.6 Å². The average molecular weight is 243 g/mol. The van der Waals surface area contributed by atoms with Gasteiger partial charge in [-0.15, -0.1) is 0 Å². The molecule has 92 valence electrons. The van der Waals surface area contributed by atoms with Gasteiger partial charge < -0.3 is 24.6 Å². The summed E-state index contributed by atoms with van der Waals surface area (Å²) in [5, 5.41) is 25.7. The minimum absolute atomic E-state index is 0.137. The predicted octanol–water partition coefficient (Wildman–Crippen LogP) is -0.511. The second-order valence-corrected chi connectivity index (χ2v) is 3.04. The van der Waals surface area contributed by atoms with E-state index in [1.165, 1.54) is 18.3 Å². The Hall–Kier alpha value is -2.51. The van der Waals surface area contributed by atoms with E-state index in [0.717, 1.165) is 4.57 Å². The van der Waals surface area contributed by atoms with Gasteiger partial charge in [-0.25, -0.2) is 9.59 Å². The lowest BCUT2D eigenvalue weighted by Crippen LogP contribution is -2.36. The highest BCUT2D eigenvalue weighted by molar-refractivity contribution is 5.96. The van der Waals surface area contributed by atoms with Crippen LogP contribution in [0.4, 0.5) is 0 Å². The second-order valence-electron chi connectivity index (χ2n) is 3.04. The molecule has 0 fully saturated rings. The molecular weight excluding hydrogens is 234 g/mol. The third-order valence-electron chi connectivity index (χ3n) is 1.78. The van der Waals surface area contributed by atoms with Crippen LogP contribution in [0.1, 0.15) is 0 Å². The van der Waals surface area contributed by atoms with Crippen molar-refractivity contribution < 1.29 is 34.4 Å². The first kappa shape index (κ1) is 12.6. The van der Waals surface area contributed by atoms with Gasteiger partial charge >= 0.3 is 17.9 Å². The van der Waals surface area contributed by atoms with Gasteiger partial charge in [0.15, 0.2) is 5.88 Å². The van der Waals surface area contributed by atoms with Crippen molar-refractivity contribution in [1.82, 2.24) is 4.57 Å². The molecule has 0 bridgehead atoms. The number of hydrogen-bond acceptors (Lipinski definition) is 4. The Morgan fingerprint density at radius 3 is 2.29 bits per heavy atom. The first-order valence-electron chi connectivity index (χ1n) is 4.41. The number of nitrogens with zero attached hydrogens (tertiary/aromatic N) is 1. The van der Waals surface area contributed by atoms with E-state index in [9.17, 15) is 14.4 Å². The largest absolute Gasteiger partial charge is 0.480 e. The molecule has 1 heterocycles. The predicted molar refractivity (Wildman–Crippen MR) is 51.8 cm³/mol. The number of hydrogen-bond donors (Lipinski definition) is 3. The van der Waals surface area contributed by atoms with Gasteiger partial charge in [0.2, 0.25) is 0 Å². The molecule has 0 atom stereocenters. The lowest BCUT2D eigenvalue weighted by atomic mass is 10.4. The summed E-state index contributed by atoms with van der Waals surface area (Å²) in [5.74, 6) is -4.63. The average Bonchev–Trinajstić information content (AvgIpc) is 2.59. The SMILES string of the molecule is O=C(O)Cn1cccc1OC(C(=O)O)C(=O)O. The van der Waals surface area contributed by atoms with Gasteiger partial charge in [-0.05, 0) is 12.1 Å². The maximum atomic E-state index is 10.6. The van der Waals surface area contributed by atoms with Crippen molar-refractivity contribution in [3.63, 3.8) is 0 Å². The van der Waals surface area contributed by atoms with Crippen molar-refractivity contribution >= 4 is 17.9 Å². The molecule has 1 rings (SSSR count). The smallest absolute Gasteiger partial charge is 0.356 e. The Labute approximate surface area is 94.7 Å². The quantitative estimate of drug-likeness (QED) is 0.574. The number of carboxylic acid groups (broad SMARTS) is 3. The number of rotatable bonds is 6. The van der Waals surface area contributed by atoms with E-state index in [1.54, 1.807) is 0 Å². The topological polar surface area (TPSA) is 126 Å². The van der Waals surface area contributed by atoms with Gasteiger partial charge in [-0.1, -0.05) is 0 Å².